The van der Waals surface area contributed by atoms with Crippen LogP contribution < -0.4 is 4.72 Å². The lowest BCUT2D eigenvalue weighted by molar-refractivity contribution is 0.213. The molecule has 0 aromatic carbocycles. The van der Waals surface area contributed by atoms with Gasteiger partial charge in [0, 0.05) is 18.6 Å². The molecule has 1 saturated carbocycles. The van der Waals surface area contributed by atoms with Crippen molar-refractivity contribution in [3.05, 3.63) is 0 Å². The molecule has 0 spiro atoms. The highest BCUT2D eigenvalue weighted by Crippen LogP contribution is 2.44. The van der Waals surface area contributed by atoms with Crippen LogP contribution in [-0.2, 0) is 19.9 Å². The van der Waals surface area contributed by atoms with E-state index >= 15 is 0 Å². The minimum atomic E-state index is -3.57. The minimum absolute atomic E-state index is 0.0293. The highest BCUT2D eigenvalue weighted by Gasteiger charge is 2.44. The quantitative estimate of drug-likeness (QED) is 0.664. The van der Waals surface area contributed by atoms with Gasteiger partial charge in [-0.1, -0.05) is 0 Å². The van der Waals surface area contributed by atoms with E-state index < -0.39 is 25.1 Å². The molecule has 100 valence electrons. The Balaban J connectivity index is 1.96. The van der Waals surface area contributed by atoms with E-state index in [4.69, 9.17) is 5.11 Å². The zero-order valence-electron chi connectivity index (χ0n) is 9.42. The van der Waals surface area contributed by atoms with Gasteiger partial charge >= 0.3 is 0 Å². The van der Waals surface area contributed by atoms with Crippen molar-refractivity contribution < 1.29 is 21.9 Å². The lowest BCUT2D eigenvalue weighted by atomic mass is 10.1. The summed E-state index contributed by atoms with van der Waals surface area (Å²) in [6.45, 7) is 0.181. The molecule has 0 bridgehead atoms. The average molecular weight is 283 g/mol. The highest BCUT2D eigenvalue weighted by atomic mass is 32.2. The Morgan fingerprint density at radius 2 is 2.00 bits per heavy atom. The molecule has 8 heteroatoms. The number of hydrogen-bond donors (Lipinski definition) is 2. The van der Waals surface area contributed by atoms with Crippen LogP contribution in [0.5, 0.6) is 0 Å². The molecule has 1 aliphatic carbocycles. The fourth-order valence-electron chi connectivity index (χ4n) is 1.94. The van der Waals surface area contributed by atoms with Gasteiger partial charge in [-0.15, -0.1) is 0 Å². The Hall–Kier alpha value is -0.180. The van der Waals surface area contributed by atoms with E-state index in [-0.39, 0.29) is 36.5 Å². The zero-order chi connectivity index (χ0) is 12.7. The largest absolute Gasteiger partial charge is 0.396 e. The topological polar surface area (TPSA) is 101 Å². The van der Waals surface area contributed by atoms with Crippen molar-refractivity contribution in [2.24, 2.45) is 5.41 Å². The van der Waals surface area contributed by atoms with E-state index in [0.717, 1.165) is 12.8 Å². The maximum atomic E-state index is 11.9. The van der Waals surface area contributed by atoms with E-state index in [2.05, 4.69) is 4.72 Å². The van der Waals surface area contributed by atoms with Crippen LogP contribution in [0.15, 0.2) is 0 Å². The third-order valence-corrected chi connectivity index (χ3v) is 7.38. The fraction of sp³-hybridized carbons (Fsp3) is 1.00. The molecule has 1 atom stereocenters. The number of sulfonamides is 1. The summed E-state index contributed by atoms with van der Waals surface area (Å²) >= 11 is 0. The van der Waals surface area contributed by atoms with Crippen LogP contribution in [0.3, 0.4) is 0 Å². The molecule has 0 aromatic rings. The molecule has 2 fully saturated rings. The van der Waals surface area contributed by atoms with E-state index in [1.165, 1.54) is 0 Å². The van der Waals surface area contributed by atoms with Gasteiger partial charge in [0.1, 0.15) is 0 Å². The molecule has 1 heterocycles. The van der Waals surface area contributed by atoms with Gasteiger partial charge < -0.3 is 5.11 Å². The second kappa shape index (κ2) is 4.18. The van der Waals surface area contributed by atoms with Gasteiger partial charge in [0.25, 0.3) is 0 Å². The van der Waals surface area contributed by atoms with E-state index in [9.17, 15) is 16.8 Å². The molecule has 1 saturated heterocycles. The number of nitrogens with one attached hydrogen (secondary N) is 1. The monoisotopic (exact) mass is 283 g/mol. The highest BCUT2D eigenvalue weighted by molar-refractivity contribution is 7.95. The third-order valence-electron chi connectivity index (χ3n) is 3.57. The molecule has 6 nitrogen and oxygen atoms in total. The second-order valence-corrected chi connectivity index (χ2v) is 9.32. The lowest BCUT2D eigenvalue weighted by Crippen LogP contribution is -2.39. The molecule has 0 radical (unpaired) electrons. The Bertz CT molecular complexity index is 491. The van der Waals surface area contributed by atoms with Crippen molar-refractivity contribution in [1.82, 2.24) is 4.72 Å². The normalized spacial score (nSPS) is 30.3. The van der Waals surface area contributed by atoms with Crippen molar-refractivity contribution in [2.75, 3.05) is 24.7 Å². The molecule has 1 unspecified atom stereocenters. The summed E-state index contributed by atoms with van der Waals surface area (Å²) in [6, 6.07) is 0. The molecular weight excluding hydrogens is 266 g/mol. The predicted octanol–water partition coefficient (Wildman–Crippen LogP) is -1.13. The Morgan fingerprint density at radius 1 is 1.35 bits per heavy atom. The first-order valence-corrected chi connectivity index (χ1v) is 8.95. The van der Waals surface area contributed by atoms with Crippen molar-refractivity contribution in [2.45, 2.75) is 24.5 Å². The van der Waals surface area contributed by atoms with Gasteiger partial charge in [0.05, 0.1) is 16.8 Å². The molecule has 17 heavy (non-hydrogen) atoms. The summed E-state index contributed by atoms with van der Waals surface area (Å²) in [5.41, 5.74) is -0.301. The molecule has 2 N–H and O–H groups in total. The van der Waals surface area contributed by atoms with E-state index in [1.54, 1.807) is 0 Å². The minimum Gasteiger partial charge on any atom is -0.396 e. The Morgan fingerprint density at radius 3 is 2.41 bits per heavy atom. The predicted molar refractivity (Wildman–Crippen MR) is 62.7 cm³/mol. The van der Waals surface area contributed by atoms with Crippen molar-refractivity contribution in [3.8, 4) is 0 Å². The van der Waals surface area contributed by atoms with Gasteiger partial charge in [0.2, 0.25) is 10.0 Å². The Labute approximate surface area is 101 Å². The van der Waals surface area contributed by atoms with Crippen molar-refractivity contribution in [1.29, 1.82) is 0 Å². The van der Waals surface area contributed by atoms with Crippen LogP contribution in [0.25, 0.3) is 0 Å². The summed E-state index contributed by atoms with van der Waals surface area (Å²) in [5, 5.41) is 8.24. The number of aliphatic hydroxyl groups excluding tert-OH is 1. The summed E-state index contributed by atoms with van der Waals surface area (Å²) < 4.78 is 48.6. The maximum absolute atomic E-state index is 11.9. The summed E-state index contributed by atoms with van der Waals surface area (Å²) in [5.74, 6) is -0.335. The van der Waals surface area contributed by atoms with Crippen LogP contribution in [0.2, 0.25) is 0 Å². The van der Waals surface area contributed by atoms with Crippen molar-refractivity contribution in [3.63, 3.8) is 0 Å². The average Bonchev–Trinajstić information content (AvgIpc) is 2.94. The van der Waals surface area contributed by atoms with Gasteiger partial charge in [-0.25, -0.2) is 21.6 Å². The summed E-state index contributed by atoms with van der Waals surface area (Å²) in [4.78, 5) is 0. The standard InChI is InChI=1S/C9H17NO5S2/c11-7-9(2-3-9)6-10-17(14,15)8-1-4-16(12,13)5-8/h8,10-11H,1-7H2. The number of sulfone groups is 1. The molecule has 0 aromatic heterocycles. The maximum Gasteiger partial charge on any atom is 0.215 e. The van der Waals surface area contributed by atoms with Gasteiger partial charge in [-0.2, -0.15) is 0 Å². The second-order valence-electron chi connectivity index (χ2n) is 5.05. The molecule has 1 aliphatic heterocycles. The van der Waals surface area contributed by atoms with Crippen LogP contribution in [0.4, 0.5) is 0 Å². The summed E-state index contributed by atoms with van der Waals surface area (Å²) in [7, 11) is -6.77. The molecule has 2 rings (SSSR count). The number of rotatable bonds is 5. The zero-order valence-corrected chi connectivity index (χ0v) is 11.1. The summed E-state index contributed by atoms with van der Waals surface area (Å²) in [6.07, 6.45) is 1.80. The van der Waals surface area contributed by atoms with Gasteiger partial charge in [-0.05, 0) is 19.3 Å². The van der Waals surface area contributed by atoms with E-state index in [1.807, 2.05) is 0 Å². The first-order chi connectivity index (χ1) is 7.79. The lowest BCUT2D eigenvalue weighted by Gasteiger charge is -2.15. The van der Waals surface area contributed by atoms with Crippen LogP contribution in [-0.4, -0.2) is 51.8 Å². The molecule has 2 aliphatic rings. The molecule has 0 amide bonds. The number of aliphatic hydroxyl groups is 1. The first kappa shape index (κ1) is 13.3. The Kier molecular flexibility index (Phi) is 3.26. The van der Waals surface area contributed by atoms with Crippen LogP contribution >= 0.6 is 0 Å². The number of hydrogen-bond acceptors (Lipinski definition) is 5. The van der Waals surface area contributed by atoms with Crippen LogP contribution in [0, 0.1) is 5.41 Å². The SMILES string of the molecule is O=S1(=O)CCC(S(=O)(=O)NCC2(CO)CC2)C1. The fourth-order valence-corrected chi connectivity index (χ4v) is 6.15. The first-order valence-electron chi connectivity index (χ1n) is 5.58. The molecular formula is C9H17NO5S2. The smallest absolute Gasteiger partial charge is 0.215 e. The van der Waals surface area contributed by atoms with Gasteiger partial charge in [0.15, 0.2) is 9.84 Å². The van der Waals surface area contributed by atoms with Crippen molar-refractivity contribution >= 4 is 19.9 Å². The van der Waals surface area contributed by atoms with E-state index in [0.29, 0.717) is 0 Å². The third kappa shape index (κ3) is 2.98. The van der Waals surface area contributed by atoms with Gasteiger partial charge in [-0.3, -0.25) is 0 Å². The van der Waals surface area contributed by atoms with Crippen LogP contribution in [0.1, 0.15) is 19.3 Å².